The summed E-state index contributed by atoms with van der Waals surface area (Å²) >= 11 is 0. The largest absolute Gasteiger partial charge is 0.508 e. The first-order chi connectivity index (χ1) is 20.7. The summed E-state index contributed by atoms with van der Waals surface area (Å²) in [7, 11) is 0. The summed E-state index contributed by atoms with van der Waals surface area (Å²) in [4.78, 5) is 44.6. The Balaban J connectivity index is 0.00000442. The van der Waals surface area contributed by atoms with Crippen LogP contribution in [0.3, 0.4) is 0 Å². The number of halogens is 2. The molecule has 0 radical (unpaired) electrons. The van der Waals surface area contributed by atoms with E-state index in [0.717, 1.165) is 17.7 Å². The van der Waals surface area contributed by atoms with Crippen LogP contribution in [0.2, 0.25) is 0 Å². The van der Waals surface area contributed by atoms with E-state index in [2.05, 4.69) is 11.9 Å². The lowest BCUT2D eigenvalue weighted by Gasteiger charge is -2.57. The molecule has 3 aromatic rings. The Morgan fingerprint density at radius 1 is 1.05 bits per heavy atom. The molecule has 2 fully saturated rings. The normalized spacial score (nSPS) is 20.2. The van der Waals surface area contributed by atoms with Crippen molar-refractivity contribution < 1.29 is 28.3 Å². The number of aromatic hydroxyl groups is 1. The molecule has 3 aromatic carbocycles. The van der Waals surface area contributed by atoms with Gasteiger partial charge in [-0.05, 0) is 36.2 Å². The van der Waals surface area contributed by atoms with Gasteiger partial charge in [0.05, 0.1) is 12.6 Å². The maximum atomic E-state index is 14.8. The summed E-state index contributed by atoms with van der Waals surface area (Å²) in [5.74, 6) is -2.28. The Morgan fingerprint density at radius 3 is 2.41 bits per heavy atom. The van der Waals surface area contributed by atoms with E-state index < -0.39 is 41.8 Å². The molecule has 2 N–H and O–H groups in total. The second-order valence-corrected chi connectivity index (χ2v) is 10.7. The van der Waals surface area contributed by atoms with Crippen molar-refractivity contribution in [2.75, 3.05) is 13.1 Å². The van der Waals surface area contributed by atoms with Gasteiger partial charge in [0, 0.05) is 37.7 Å². The number of piperazine rings is 1. The van der Waals surface area contributed by atoms with Gasteiger partial charge in [0.25, 0.3) is 0 Å². The number of nitrogens with zero attached hydrogens (tertiary/aromatic N) is 4. The number of urea groups is 1. The smallest absolute Gasteiger partial charge is 0.334 e. The standard InChI is InChI=1S/C32H33F2N5O4.CH4/c1-3-15-36-20-29(41)38-28(16-22-9-13-26(40)14-10-22)31(42)37(19-24-11-12-25(33)17-27(24)34)21(2)30(38)39(36)32(43)35-18-23-7-5-4-6-8-23;/h3-14,17,21,28,30,40H,1,15-16,18-20H2,2H3,(H,35,43);1H4/t21-,28-,30-;/m0./s1. The van der Waals surface area contributed by atoms with Crippen LogP contribution in [0.15, 0.2) is 85.5 Å². The number of phenolic OH excluding ortho intramolecular Hbond substituents is 1. The van der Waals surface area contributed by atoms with E-state index in [1.54, 1.807) is 30.1 Å². The Labute approximate surface area is 255 Å². The molecule has 2 heterocycles. The molecule has 232 valence electrons. The Morgan fingerprint density at radius 2 is 1.75 bits per heavy atom. The number of hydrogen-bond acceptors (Lipinski definition) is 5. The highest BCUT2D eigenvalue weighted by Crippen LogP contribution is 2.33. The number of benzene rings is 3. The molecular formula is C33H37F2N5O4. The zero-order valence-corrected chi connectivity index (χ0v) is 23.7. The first-order valence-corrected chi connectivity index (χ1v) is 14.0. The van der Waals surface area contributed by atoms with Gasteiger partial charge in [-0.3, -0.25) is 9.59 Å². The van der Waals surface area contributed by atoms with Crippen molar-refractivity contribution in [1.29, 1.82) is 0 Å². The van der Waals surface area contributed by atoms with Crippen molar-refractivity contribution in [3.05, 3.63) is 114 Å². The second kappa shape index (κ2) is 13.7. The molecule has 0 bridgehead atoms. The molecule has 0 aliphatic carbocycles. The van der Waals surface area contributed by atoms with Gasteiger partial charge < -0.3 is 20.2 Å². The number of carbonyl (C=O) groups is 3. The zero-order chi connectivity index (χ0) is 30.7. The predicted octanol–water partition coefficient (Wildman–Crippen LogP) is 4.43. The van der Waals surface area contributed by atoms with Gasteiger partial charge in [0.15, 0.2) is 0 Å². The molecule has 0 aromatic heterocycles. The van der Waals surface area contributed by atoms with Crippen LogP contribution < -0.4 is 5.32 Å². The number of hydrogen-bond donors (Lipinski definition) is 2. The fourth-order valence-corrected chi connectivity index (χ4v) is 5.71. The third kappa shape index (κ3) is 6.57. The number of phenols is 1. The van der Waals surface area contributed by atoms with Crippen molar-refractivity contribution in [3.63, 3.8) is 0 Å². The van der Waals surface area contributed by atoms with Crippen molar-refractivity contribution in [3.8, 4) is 5.75 Å². The molecule has 9 nitrogen and oxygen atoms in total. The summed E-state index contributed by atoms with van der Waals surface area (Å²) in [5, 5.41) is 15.7. The van der Waals surface area contributed by atoms with Crippen LogP contribution in [0.25, 0.3) is 0 Å². The molecule has 4 amide bonds. The predicted molar refractivity (Wildman–Crippen MR) is 162 cm³/mol. The van der Waals surface area contributed by atoms with Gasteiger partial charge in [-0.2, -0.15) is 0 Å². The SMILES string of the molecule is C.C=CCN1CC(=O)N2[C@@H](Cc3ccc(O)cc3)C(=O)N(Cc3ccc(F)cc3F)[C@@H](C)[C@@H]2N1C(=O)NCc1ccccc1. The lowest BCUT2D eigenvalue weighted by molar-refractivity contribution is -0.198. The molecule has 0 unspecified atom stereocenters. The van der Waals surface area contributed by atoms with Gasteiger partial charge in [-0.15, -0.1) is 6.58 Å². The van der Waals surface area contributed by atoms with Crippen LogP contribution in [0.5, 0.6) is 5.75 Å². The Kier molecular flexibility index (Phi) is 10.00. The van der Waals surface area contributed by atoms with Crippen molar-refractivity contribution in [2.24, 2.45) is 0 Å². The van der Waals surface area contributed by atoms with Crippen molar-refractivity contribution >= 4 is 17.8 Å². The number of amides is 4. The van der Waals surface area contributed by atoms with Gasteiger partial charge in [-0.25, -0.2) is 23.6 Å². The molecule has 2 aliphatic rings. The van der Waals surface area contributed by atoms with E-state index in [1.165, 1.54) is 33.0 Å². The van der Waals surface area contributed by atoms with E-state index in [0.29, 0.717) is 5.56 Å². The average Bonchev–Trinajstić information content (AvgIpc) is 2.99. The molecule has 44 heavy (non-hydrogen) atoms. The Bertz CT molecular complexity index is 1500. The van der Waals surface area contributed by atoms with Gasteiger partial charge in [0.1, 0.15) is 29.6 Å². The van der Waals surface area contributed by atoms with Gasteiger partial charge >= 0.3 is 6.03 Å². The minimum Gasteiger partial charge on any atom is -0.508 e. The summed E-state index contributed by atoms with van der Waals surface area (Å²) in [6.07, 6.45) is 0.732. The number of nitrogens with one attached hydrogen (secondary N) is 1. The zero-order valence-electron chi connectivity index (χ0n) is 23.7. The van der Waals surface area contributed by atoms with Crippen LogP contribution in [-0.2, 0) is 29.1 Å². The number of rotatable bonds is 8. The highest BCUT2D eigenvalue weighted by atomic mass is 19.1. The van der Waals surface area contributed by atoms with E-state index in [1.807, 2.05) is 30.3 Å². The number of hydrazine groups is 1. The maximum Gasteiger partial charge on any atom is 0.334 e. The quantitative estimate of drug-likeness (QED) is 0.371. The van der Waals surface area contributed by atoms with Gasteiger partial charge in [0.2, 0.25) is 11.8 Å². The summed E-state index contributed by atoms with van der Waals surface area (Å²) in [6.45, 7) is 5.54. The summed E-state index contributed by atoms with van der Waals surface area (Å²) < 4.78 is 28.5. The Hall–Kier alpha value is -4.77. The molecular weight excluding hydrogens is 568 g/mol. The molecule has 2 saturated heterocycles. The van der Waals surface area contributed by atoms with Crippen molar-refractivity contribution in [1.82, 2.24) is 25.1 Å². The van der Waals surface area contributed by atoms with Crippen LogP contribution in [0, 0.1) is 11.6 Å². The highest BCUT2D eigenvalue weighted by molar-refractivity contribution is 5.92. The minimum absolute atomic E-state index is 0. The number of carbonyl (C=O) groups excluding carboxylic acids is 3. The van der Waals surface area contributed by atoms with E-state index in [4.69, 9.17) is 0 Å². The van der Waals surface area contributed by atoms with Crippen LogP contribution >= 0.6 is 0 Å². The highest BCUT2D eigenvalue weighted by Gasteiger charge is 2.54. The van der Waals surface area contributed by atoms with Gasteiger partial charge in [-0.1, -0.05) is 62.0 Å². The monoisotopic (exact) mass is 605 g/mol. The lowest BCUT2D eigenvalue weighted by atomic mass is 9.94. The van der Waals surface area contributed by atoms with Crippen molar-refractivity contribution in [2.45, 2.75) is 52.1 Å². The second-order valence-electron chi connectivity index (χ2n) is 10.7. The summed E-state index contributed by atoms with van der Waals surface area (Å²) in [5.41, 5.74) is 1.66. The summed E-state index contributed by atoms with van der Waals surface area (Å²) in [6, 6.07) is 16.5. The van der Waals surface area contributed by atoms with E-state index in [-0.39, 0.29) is 57.2 Å². The molecule has 11 heteroatoms. The first kappa shape index (κ1) is 32.2. The fraction of sp³-hybridized carbons (Fsp3) is 0.303. The van der Waals surface area contributed by atoms with E-state index >= 15 is 0 Å². The number of fused-ring (bicyclic) bond motifs is 1. The average molecular weight is 606 g/mol. The maximum absolute atomic E-state index is 14.8. The molecule has 2 aliphatic heterocycles. The minimum atomic E-state index is -1.03. The van der Waals surface area contributed by atoms with Crippen LogP contribution in [0.1, 0.15) is 31.0 Å². The van der Waals surface area contributed by atoms with Crippen LogP contribution in [0.4, 0.5) is 13.6 Å². The molecule has 0 spiro atoms. The third-order valence-corrected chi connectivity index (χ3v) is 7.83. The van der Waals surface area contributed by atoms with E-state index in [9.17, 15) is 28.3 Å². The molecule has 3 atom stereocenters. The fourth-order valence-electron chi connectivity index (χ4n) is 5.71. The third-order valence-electron chi connectivity index (χ3n) is 7.83. The lowest BCUT2D eigenvalue weighted by Crippen LogP contribution is -2.79. The van der Waals surface area contributed by atoms with Crippen LogP contribution in [-0.4, -0.2) is 74.1 Å². The molecule has 5 rings (SSSR count). The molecule has 0 saturated carbocycles. The topological polar surface area (TPSA) is 96.4 Å². The first-order valence-electron chi connectivity index (χ1n) is 14.0.